The SMILES string of the molecule is CC(C)(C)OC(=O)NC(CCOc1ccccc1)C(=O)N1CCC2(CCc3ccccc32)CC1. The number of fused-ring (bicyclic) bond motifs is 2. The molecule has 1 N–H and O–H groups in total. The summed E-state index contributed by atoms with van der Waals surface area (Å²) in [5, 5.41) is 2.80. The van der Waals surface area contributed by atoms with E-state index in [1.165, 1.54) is 11.1 Å². The van der Waals surface area contributed by atoms with Gasteiger partial charge < -0.3 is 19.7 Å². The van der Waals surface area contributed by atoms with E-state index in [0.717, 1.165) is 31.4 Å². The molecule has 2 amide bonds. The lowest BCUT2D eigenvalue weighted by atomic mass is 9.74. The van der Waals surface area contributed by atoms with Crippen LogP contribution in [0.2, 0.25) is 0 Å². The van der Waals surface area contributed by atoms with Gasteiger partial charge in [0, 0.05) is 19.5 Å². The van der Waals surface area contributed by atoms with Crippen LogP contribution in [-0.4, -0.2) is 48.2 Å². The standard InChI is InChI=1S/C28H36N2O4/c1-27(2,3)34-26(32)29-24(14-20-33-22-10-5-4-6-11-22)25(31)30-18-16-28(17-19-30)15-13-21-9-7-8-12-23(21)28/h4-12,24H,13-20H2,1-3H3,(H,29,32). The van der Waals surface area contributed by atoms with Gasteiger partial charge in [-0.15, -0.1) is 0 Å². The van der Waals surface area contributed by atoms with Gasteiger partial charge in [-0.25, -0.2) is 4.79 Å². The van der Waals surface area contributed by atoms with Crippen molar-refractivity contribution in [3.8, 4) is 5.75 Å². The Morgan fingerprint density at radius 1 is 1.00 bits per heavy atom. The van der Waals surface area contributed by atoms with E-state index in [0.29, 0.717) is 26.1 Å². The number of carbonyl (C=O) groups is 2. The second-order valence-electron chi connectivity index (χ2n) is 10.4. The fourth-order valence-electron chi connectivity index (χ4n) is 5.18. The number of piperidine rings is 1. The lowest BCUT2D eigenvalue weighted by molar-refractivity contribution is -0.135. The molecule has 1 heterocycles. The van der Waals surface area contributed by atoms with Crippen molar-refractivity contribution in [3.63, 3.8) is 0 Å². The zero-order chi connectivity index (χ0) is 24.2. The summed E-state index contributed by atoms with van der Waals surface area (Å²) in [6.45, 7) is 7.14. The minimum atomic E-state index is -0.691. The van der Waals surface area contributed by atoms with Crippen molar-refractivity contribution in [2.45, 2.75) is 69.9 Å². The number of likely N-dealkylation sites (tertiary alicyclic amines) is 1. The van der Waals surface area contributed by atoms with Gasteiger partial charge in [0.2, 0.25) is 5.91 Å². The van der Waals surface area contributed by atoms with Crippen molar-refractivity contribution in [2.24, 2.45) is 0 Å². The second kappa shape index (κ2) is 10.1. The van der Waals surface area contributed by atoms with E-state index in [1.54, 1.807) is 0 Å². The fourth-order valence-corrected chi connectivity index (χ4v) is 5.18. The van der Waals surface area contributed by atoms with E-state index in [2.05, 4.69) is 29.6 Å². The summed E-state index contributed by atoms with van der Waals surface area (Å²) in [5.41, 5.74) is 2.45. The van der Waals surface area contributed by atoms with Crippen molar-refractivity contribution in [3.05, 3.63) is 65.7 Å². The van der Waals surface area contributed by atoms with Gasteiger partial charge in [0.15, 0.2) is 0 Å². The molecule has 0 bridgehead atoms. The number of hydrogen-bond acceptors (Lipinski definition) is 4. The summed E-state index contributed by atoms with van der Waals surface area (Å²) in [7, 11) is 0. The van der Waals surface area contributed by atoms with Gasteiger partial charge in [-0.05, 0) is 75.1 Å². The summed E-state index contributed by atoms with van der Waals surface area (Å²) >= 11 is 0. The number of rotatable bonds is 6. The normalized spacial score (nSPS) is 17.7. The molecule has 2 aromatic carbocycles. The predicted octanol–water partition coefficient (Wildman–Crippen LogP) is 4.86. The van der Waals surface area contributed by atoms with Gasteiger partial charge in [0.25, 0.3) is 0 Å². The zero-order valence-electron chi connectivity index (χ0n) is 20.5. The van der Waals surface area contributed by atoms with Crippen LogP contribution in [0.1, 0.15) is 57.6 Å². The van der Waals surface area contributed by atoms with Crippen molar-refractivity contribution in [2.75, 3.05) is 19.7 Å². The van der Waals surface area contributed by atoms with Gasteiger partial charge >= 0.3 is 6.09 Å². The van der Waals surface area contributed by atoms with Crippen LogP contribution in [0.4, 0.5) is 4.79 Å². The number of amides is 2. The van der Waals surface area contributed by atoms with Crippen LogP contribution in [0.3, 0.4) is 0 Å². The molecule has 1 unspecified atom stereocenters. The average molecular weight is 465 g/mol. The molecule has 2 aliphatic rings. The van der Waals surface area contributed by atoms with E-state index in [1.807, 2.05) is 56.0 Å². The first-order valence-electron chi connectivity index (χ1n) is 12.3. The third-order valence-electron chi connectivity index (χ3n) is 6.90. The van der Waals surface area contributed by atoms with Crippen LogP contribution in [0.15, 0.2) is 54.6 Å². The maximum atomic E-state index is 13.5. The van der Waals surface area contributed by atoms with E-state index < -0.39 is 17.7 Å². The molecule has 0 aromatic heterocycles. The molecule has 1 aliphatic carbocycles. The number of ether oxygens (including phenoxy) is 2. The highest BCUT2D eigenvalue weighted by molar-refractivity contribution is 5.86. The predicted molar refractivity (Wildman–Crippen MR) is 132 cm³/mol. The smallest absolute Gasteiger partial charge is 0.408 e. The third kappa shape index (κ3) is 5.72. The maximum absolute atomic E-state index is 13.5. The number of benzene rings is 2. The first-order chi connectivity index (χ1) is 16.3. The highest BCUT2D eigenvalue weighted by atomic mass is 16.6. The van der Waals surface area contributed by atoms with Crippen molar-refractivity contribution >= 4 is 12.0 Å². The molecule has 6 heteroatoms. The van der Waals surface area contributed by atoms with Crippen LogP contribution >= 0.6 is 0 Å². The molecule has 1 aliphatic heterocycles. The van der Waals surface area contributed by atoms with E-state index in [9.17, 15) is 9.59 Å². The van der Waals surface area contributed by atoms with Crippen LogP contribution < -0.4 is 10.1 Å². The summed E-state index contributed by atoms with van der Waals surface area (Å²) in [6, 6.07) is 17.5. The number of nitrogens with one attached hydrogen (secondary N) is 1. The highest BCUT2D eigenvalue weighted by Gasteiger charge is 2.42. The Morgan fingerprint density at radius 3 is 2.38 bits per heavy atom. The molecular weight excluding hydrogens is 428 g/mol. The number of hydrogen-bond donors (Lipinski definition) is 1. The van der Waals surface area contributed by atoms with Gasteiger partial charge in [-0.3, -0.25) is 4.79 Å². The summed E-state index contributed by atoms with van der Waals surface area (Å²) in [5.74, 6) is 0.675. The quantitative estimate of drug-likeness (QED) is 0.663. The minimum Gasteiger partial charge on any atom is -0.494 e. The number of nitrogens with zero attached hydrogens (tertiary/aromatic N) is 1. The Morgan fingerprint density at radius 2 is 1.68 bits per heavy atom. The molecule has 1 fully saturated rings. The van der Waals surface area contributed by atoms with E-state index >= 15 is 0 Å². The largest absolute Gasteiger partial charge is 0.494 e. The Labute approximate surface area is 202 Å². The molecule has 1 atom stereocenters. The number of alkyl carbamates (subject to hydrolysis) is 1. The molecule has 1 spiro atoms. The highest BCUT2D eigenvalue weighted by Crippen LogP contribution is 2.46. The molecule has 34 heavy (non-hydrogen) atoms. The molecule has 1 saturated heterocycles. The van der Waals surface area contributed by atoms with Crippen LogP contribution in [-0.2, 0) is 21.4 Å². The lowest BCUT2D eigenvalue weighted by Crippen LogP contribution is -2.53. The topological polar surface area (TPSA) is 67.9 Å². The first-order valence-corrected chi connectivity index (χ1v) is 12.3. The lowest BCUT2D eigenvalue weighted by Gasteiger charge is -2.41. The maximum Gasteiger partial charge on any atom is 0.408 e. The van der Waals surface area contributed by atoms with Crippen LogP contribution in [0.25, 0.3) is 0 Å². The summed E-state index contributed by atoms with van der Waals surface area (Å²) in [6.07, 6.45) is 3.97. The second-order valence-corrected chi connectivity index (χ2v) is 10.4. The molecule has 0 radical (unpaired) electrons. The molecule has 6 nitrogen and oxygen atoms in total. The molecule has 4 rings (SSSR count). The fraction of sp³-hybridized carbons (Fsp3) is 0.500. The Balaban J connectivity index is 1.39. The van der Waals surface area contributed by atoms with E-state index in [4.69, 9.17) is 9.47 Å². The Kier molecular flexibility index (Phi) is 7.15. The molecular formula is C28H36N2O4. The third-order valence-corrected chi connectivity index (χ3v) is 6.90. The van der Waals surface area contributed by atoms with Crippen LogP contribution in [0, 0.1) is 0 Å². The first kappa shape index (κ1) is 24.1. The van der Waals surface area contributed by atoms with E-state index in [-0.39, 0.29) is 11.3 Å². The number of aryl methyl sites for hydroxylation is 1. The summed E-state index contributed by atoms with van der Waals surface area (Å²) in [4.78, 5) is 27.9. The molecule has 0 saturated carbocycles. The molecule has 2 aromatic rings. The number of carbonyl (C=O) groups excluding carboxylic acids is 2. The summed E-state index contributed by atoms with van der Waals surface area (Å²) < 4.78 is 11.2. The van der Waals surface area contributed by atoms with Crippen molar-refractivity contribution in [1.82, 2.24) is 10.2 Å². The molecule has 182 valence electrons. The van der Waals surface area contributed by atoms with Crippen molar-refractivity contribution in [1.29, 1.82) is 0 Å². The zero-order valence-corrected chi connectivity index (χ0v) is 20.5. The van der Waals surface area contributed by atoms with Gasteiger partial charge in [-0.2, -0.15) is 0 Å². The number of para-hydroxylation sites is 1. The Hall–Kier alpha value is -3.02. The van der Waals surface area contributed by atoms with Gasteiger partial charge in [0.05, 0.1) is 6.61 Å². The van der Waals surface area contributed by atoms with Gasteiger partial charge in [0.1, 0.15) is 17.4 Å². The van der Waals surface area contributed by atoms with Crippen molar-refractivity contribution < 1.29 is 19.1 Å². The monoisotopic (exact) mass is 464 g/mol. The van der Waals surface area contributed by atoms with Crippen LogP contribution in [0.5, 0.6) is 5.75 Å². The van der Waals surface area contributed by atoms with Gasteiger partial charge in [-0.1, -0.05) is 42.5 Å². The minimum absolute atomic E-state index is 0.0661. The average Bonchev–Trinajstić information content (AvgIpc) is 3.16. The Bertz CT molecular complexity index is 991.